The predicted octanol–water partition coefficient (Wildman–Crippen LogP) is 6.63. The van der Waals surface area contributed by atoms with Crippen LogP contribution in [0, 0.1) is 10.8 Å². The SMILES string of the molecule is CC1(C)SC(C)(C)C1(C)C.CC1(C)SC(C)(C)C1(C)C. The van der Waals surface area contributed by atoms with Gasteiger partial charge < -0.3 is 0 Å². The highest BCUT2D eigenvalue weighted by Crippen LogP contribution is 2.67. The lowest BCUT2D eigenvalue weighted by atomic mass is 9.69. The molecule has 2 heterocycles. The Morgan fingerprint density at radius 1 is 0.350 bits per heavy atom. The minimum absolute atomic E-state index is 0.469. The van der Waals surface area contributed by atoms with E-state index in [1.54, 1.807) is 0 Å². The van der Waals surface area contributed by atoms with Crippen molar-refractivity contribution in [2.24, 2.45) is 10.8 Å². The van der Waals surface area contributed by atoms with Crippen molar-refractivity contribution in [3.05, 3.63) is 0 Å². The van der Waals surface area contributed by atoms with E-state index in [0.29, 0.717) is 29.8 Å². The van der Waals surface area contributed by atoms with E-state index in [1.807, 2.05) is 0 Å². The van der Waals surface area contributed by atoms with E-state index in [2.05, 4.69) is 107 Å². The third-order valence-corrected chi connectivity index (χ3v) is 11.1. The normalized spacial score (nSPS) is 33.0. The number of rotatable bonds is 0. The molecule has 120 valence electrons. The zero-order valence-corrected chi connectivity index (χ0v) is 17.4. The van der Waals surface area contributed by atoms with E-state index in [1.165, 1.54) is 0 Å². The van der Waals surface area contributed by atoms with Crippen LogP contribution in [0.15, 0.2) is 0 Å². The molecule has 0 aliphatic carbocycles. The van der Waals surface area contributed by atoms with Crippen LogP contribution in [-0.4, -0.2) is 19.0 Å². The smallest absolute Gasteiger partial charge is 0.0173 e. The van der Waals surface area contributed by atoms with Crippen molar-refractivity contribution in [1.29, 1.82) is 0 Å². The Morgan fingerprint density at radius 2 is 0.500 bits per heavy atom. The van der Waals surface area contributed by atoms with Crippen LogP contribution in [0.1, 0.15) is 83.1 Å². The zero-order valence-electron chi connectivity index (χ0n) is 15.8. The molecule has 0 aromatic heterocycles. The molecule has 2 fully saturated rings. The Hall–Kier alpha value is 0.700. The molecule has 0 amide bonds. The lowest BCUT2D eigenvalue weighted by Gasteiger charge is -2.64. The summed E-state index contributed by atoms with van der Waals surface area (Å²) >= 11 is 4.19. The topological polar surface area (TPSA) is 0 Å². The van der Waals surface area contributed by atoms with Gasteiger partial charge in [-0.25, -0.2) is 0 Å². The third-order valence-electron chi connectivity index (χ3n) is 7.04. The van der Waals surface area contributed by atoms with Crippen LogP contribution in [0.25, 0.3) is 0 Å². The molecular formula is C18H36S2. The average Bonchev–Trinajstić information content (AvgIpc) is 2.13. The summed E-state index contributed by atoms with van der Waals surface area (Å²) in [5, 5.41) is 0. The molecule has 0 spiro atoms. The van der Waals surface area contributed by atoms with E-state index in [9.17, 15) is 0 Å². The summed E-state index contributed by atoms with van der Waals surface area (Å²) < 4.78 is 1.88. The average molecular weight is 317 g/mol. The van der Waals surface area contributed by atoms with Crippen molar-refractivity contribution in [1.82, 2.24) is 0 Å². The van der Waals surface area contributed by atoms with Crippen LogP contribution < -0.4 is 0 Å². The maximum absolute atomic E-state index is 2.36. The van der Waals surface area contributed by atoms with E-state index in [0.717, 1.165) is 0 Å². The van der Waals surface area contributed by atoms with Gasteiger partial charge in [0.15, 0.2) is 0 Å². The maximum Gasteiger partial charge on any atom is 0.0173 e. The molecule has 0 N–H and O–H groups in total. The first-order valence-corrected chi connectivity index (χ1v) is 9.45. The monoisotopic (exact) mass is 316 g/mol. The van der Waals surface area contributed by atoms with Crippen molar-refractivity contribution in [2.75, 3.05) is 0 Å². The van der Waals surface area contributed by atoms with E-state index >= 15 is 0 Å². The Labute approximate surface area is 136 Å². The lowest BCUT2D eigenvalue weighted by molar-refractivity contribution is 0.176. The molecule has 0 atom stereocenters. The van der Waals surface area contributed by atoms with Gasteiger partial charge in [0.1, 0.15) is 0 Å². The summed E-state index contributed by atoms with van der Waals surface area (Å²) in [6.07, 6.45) is 0. The van der Waals surface area contributed by atoms with Crippen LogP contribution in [-0.2, 0) is 0 Å². The van der Waals surface area contributed by atoms with Crippen LogP contribution in [0.5, 0.6) is 0 Å². The highest BCUT2D eigenvalue weighted by atomic mass is 32.2. The van der Waals surface area contributed by atoms with Crippen molar-refractivity contribution in [3.63, 3.8) is 0 Å². The Balaban J connectivity index is 0.000000200. The van der Waals surface area contributed by atoms with Gasteiger partial charge in [-0.2, -0.15) is 0 Å². The molecule has 0 aromatic carbocycles. The molecule has 0 radical (unpaired) electrons. The summed E-state index contributed by atoms with van der Waals surface area (Å²) in [5.74, 6) is 0. The standard InChI is InChI=1S/2C9H18S/c2*1-7(2)8(3,4)10-9(7,5)6/h2*1-6H3. The molecule has 0 nitrogen and oxygen atoms in total. The van der Waals surface area contributed by atoms with Crippen molar-refractivity contribution in [3.8, 4) is 0 Å². The molecule has 2 heteroatoms. The van der Waals surface area contributed by atoms with E-state index in [4.69, 9.17) is 0 Å². The first-order chi connectivity index (χ1) is 8.41. The molecule has 2 saturated heterocycles. The van der Waals surface area contributed by atoms with Gasteiger partial charge in [-0.05, 0) is 10.8 Å². The van der Waals surface area contributed by atoms with Gasteiger partial charge in [0, 0.05) is 19.0 Å². The van der Waals surface area contributed by atoms with Crippen LogP contribution in [0.4, 0.5) is 0 Å². The predicted molar refractivity (Wildman–Crippen MR) is 99.1 cm³/mol. The lowest BCUT2D eigenvalue weighted by Crippen LogP contribution is -2.61. The zero-order chi connectivity index (χ0) is 16.4. The summed E-state index contributed by atoms with van der Waals surface area (Å²) in [7, 11) is 0. The van der Waals surface area contributed by atoms with Gasteiger partial charge in [0.25, 0.3) is 0 Å². The van der Waals surface area contributed by atoms with Gasteiger partial charge >= 0.3 is 0 Å². The van der Waals surface area contributed by atoms with Crippen molar-refractivity contribution >= 4 is 23.5 Å². The second-order valence-corrected chi connectivity index (χ2v) is 14.0. The second kappa shape index (κ2) is 4.60. The Bertz CT molecular complexity index is 314. The summed E-state index contributed by atoms with van der Waals surface area (Å²) in [5.41, 5.74) is 0.954. The summed E-state index contributed by atoms with van der Waals surface area (Å²) in [6.45, 7) is 28.1. The summed E-state index contributed by atoms with van der Waals surface area (Å²) in [4.78, 5) is 0. The third kappa shape index (κ3) is 2.47. The molecule has 0 unspecified atom stereocenters. The molecule has 20 heavy (non-hydrogen) atoms. The fourth-order valence-corrected chi connectivity index (χ4v) is 7.43. The fourth-order valence-electron chi connectivity index (χ4n) is 3.14. The molecule has 2 aliphatic heterocycles. The quantitative estimate of drug-likeness (QED) is 0.491. The Kier molecular flexibility index (Phi) is 4.31. The van der Waals surface area contributed by atoms with Gasteiger partial charge in [-0.1, -0.05) is 83.1 Å². The van der Waals surface area contributed by atoms with Crippen molar-refractivity contribution < 1.29 is 0 Å². The van der Waals surface area contributed by atoms with E-state index in [-0.39, 0.29) is 0 Å². The van der Waals surface area contributed by atoms with Crippen LogP contribution in [0.2, 0.25) is 0 Å². The second-order valence-electron chi connectivity index (χ2n) is 9.50. The molecular weight excluding hydrogens is 280 g/mol. The summed E-state index contributed by atoms with van der Waals surface area (Å²) in [6, 6.07) is 0. The highest BCUT2D eigenvalue weighted by molar-refractivity contribution is 8.03. The molecule has 0 aromatic rings. The Morgan fingerprint density at radius 3 is 0.500 bits per heavy atom. The largest absolute Gasteiger partial charge is 0.148 e. The molecule has 0 bridgehead atoms. The van der Waals surface area contributed by atoms with Crippen LogP contribution >= 0.6 is 23.5 Å². The van der Waals surface area contributed by atoms with Gasteiger partial charge in [0.2, 0.25) is 0 Å². The maximum atomic E-state index is 2.36. The number of hydrogen-bond acceptors (Lipinski definition) is 2. The molecule has 0 saturated carbocycles. The van der Waals surface area contributed by atoms with E-state index < -0.39 is 0 Å². The fraction of sp³-hybridized carbons (Fsp3) is 1.00. The van der Waals surface area contributed by atoms with Crippen LogP contribution in [0.3, 0.4) is 0 Å². The van der Waals surface area contributed by atoms with Gasteiger partial charge in [-0.3, -0.25) is 0 Å². The first kappa shape index (κ1) is 18.7. The molecule has 2 rings (SSSR count). The number of hydrogen-bond donors (Lipinski definition) is 0. The van der Waals surface area contributed by atoms with Crippen molar-refractivity contribution in [2.45, 2.75) is 102 Å². The number of thioether (sulfide) groups is 2. The minimum atomic E-state index is 0.469. The van der Waals surface area contributed by atoms with Gasteiger partial charge in [0.05, 0.1) is 0 Å². The minimum Gasteiger partial charge on any atom is -0.148 e. The van der Waals surface area contributed by atoms with Gasteiger partial charge in [-0.15, -0.1) is 23.5 Å². The highest BCUT2D eigenvalue weighted by Gasteiger charge is 2.60. The molecule has 2 aliphatic rings. The first-order valence-electron chi connectivity index (χ1n) is 7.82.